The molecule has 0 unspecified atom stereocenters. The molecule has 0 aliphatic carbocycles. The van der Waals surface area contributed by atoms with Gasteiger partial charge < -0.3 is 20.6 Å². The van der Waals surface area contributed by atoms with E-state index in [2.05, 4.69) is 5.32 Å². The van der Waals surface area contributed by atoms with Gasteiger partial charge in [0.05, 0.1) is 12.7 Å². The molecule has 0 aromatic rings. The lowest BCUT2D eigenvalue weighted by Crippen LogP contribution is -2.44. The van der Waals surface area contributed by atoms with Crippen LogP contribution in [0, 0.1) is 0 Å². The summed E-state index contributed by atoms with van der Waals surface area (Å²) in [5.74, 6) is 0. The van der Waals surface area contributed by atoms with Crippen LogP contribution in [0.5, 0.6) is 0 Å². The molecule has 1 rings (SSSR count). The largest absolute Gasteiger partial charge is 0.393 e. The SMILES string of the molecule is OC[C@@]1(O)CNC[C@@H]1O. The molecule has 1 aliphatic heterocycles. The molecule has 0 aromatic carbocycles. The molecule has 0 bridgehead atoms. The first-order valence-electron chi connectivity index (χ1n) is 2.91. The van der Waals surface area contributed by atoms with Gasteiger partial charge >= 0.3 is 0 Å². The number of hydrogen-bond donors (Lipinski definition) is 4. The van der Waals surface area contributed by atoms with Gasteiger partial charge in [0.15, 0.2) is 0 Å². The molecule has 1 fully saturated rings. The molecule has 4 N–H and O–H groups in total. The number of rotatable bonds is 1. The first-order valence-corrected chi connectivity index (χ1v) is 2.91. The zero-order valence-electron chi connectivity index (χ0n) is 5.04. The molecule has 0 radical (unpaired) electrons. The van der Waals surface area contributed by atoms with Gasteiger partial charge in [-0.1, -0.05) is 0 Å². The van der Waals surface area contributed by atoms with Crippen LogP contribution < -0.4 is 5.32 Å². The molecule has 4 nitrogen and oxygen atoms in total. The molecule has 4 heteroatoms. The third-order valence-corrected chi connectivity index (χ3v) is 1.66. The van der Waals surface area contributed by atoms with Gasteiger partial charge in [0, 0.05) is 13.1 Å². The fourth-order valence-electron chi connectivity index (χ4n) is 0.894. The lowest BCUT2D eigenvalue weighted by molar-refractivity contribution is -0.0731. The second-order valence-corrected chi connectivity index (χ2v) is 2.41. The molecule has 1 aliphatic rings. The smallest absolute Gasteiger partial charge is 0.127 e. The van der Waals surface area contributed by atoms with Crippen LogP contribution in [-0.4, -0.2) is 46.7 Å². The van der Waals surface area contributed by atoms with E-state index in [1.54, 1.807) is 0 Å². The van der Waals surface area contributed by atoms with Crippen LogP contribution in [0.3, 0.4) is 0 Å². The maximum atomic E-state index is 9.21. The minimum atomic E-state index is -1.31. The van der Waals surface area contributed by atoms with Gasteiger partial charge in [-0.15, -0.1) is 0 Å². The molecular weight excluding hydrogens is 122 g/mol. The Balaban J connectivity index is 2.56. The normalized spacial score (nSPS) is 43.7. The number of aliphatic hydroxyl groups excluding tert-OH is 2. The number of aliphatic hydroxyl groups is 3. The van der Waals surface area contributed by atoms with Gasteiger partial charge in [-0.05, 0) is 0 Å². The molecule has 54 valence electrons. The monoisotopic (exact) mass is 133 g/mol. The van der Waals surface area contributed by atoms with E-state index in [0.717, 1.165) is 0 Å². The van der Waals surface area contributed by atoms with Crippen molar-refractivity contribution < 1.29 is 15.3 Å². The summed E-state index contributed by atoms with van der Waals surface area (Å²) < 4.78 is 0. The third-order valence-electron chi connectivity index (χ3n) is 1.66. The van der Waals surface area contributed by atoms with Crippen molar-refractivity contribution in [3.63, 3.8) is 0 Å². The highest BCUT2D eigenvalue weighted by Crippen LogP contribution is 2.13. The fourth-order valence-corrected chi connectivity index (χ4v) is 0.894. The third kappa shape index (κ3) is 1.07. The molecule has 9 heavy (non-hydrogen) atoms. The average molecular weight is 133 g/mol. The number of hydrogen-bond acceptors (Lipinski definition) is 4. The number of β-amino-alcohol motifs (C(OH)–C–C–N with tert-alkyl or cyclic N) is 2. The molecular formula is C5H11NO3. The number of nitrogens with one attached hydrogen (secondary N) is 1. The Kier molecular flexibility index (Phi) is 1.72. The summed E-state index contributed by atoms with van der Waals surface area (Å²) in [6.45, 7) is 0.239. The Morgan fingerprint density at radius 3 is 2.56 bits per heavy atom. The molecule has 2 atom stereocenters. The van der Waals surface area contributed by atoms with Crippen LogP contribution in [-0.2, 0) is 0 Å². The molecule has 0 spiro atoms. The van der Waals surface area contributed by atoms with Crippen LogP contribution >= 0.6 is 0 Å². The van der Waals surface area contributed by atoms with Crippen LogP contribution in [0.15, 0.2) is 0 Å². The summed E-state index contributed by atoms with van der Waals surface area (Å²) in [7, 11) is 0. The highest BCUT2D eigenvalue weighted by Gasteiger charge is 2.39. The van der Waals surface area contributed by atoms with E-state index in [1.165, 1.54) is 0 Å². The van der Waals surface area contributed by atoms with E-state index in [0.29, 0.717) is 6.54 Å². The summed E-state index contributed by atoms with van der Waals surface area (Å²) in [5.41, 5.74) is -1.31. The topological polar surface area (TPSA) is 72.7 Å². The van der Waals surface area contributed by atoms with E-state index in [4.69, 9.17) is 10.2 Å². The Morgan fingerprint density at radius 2 is 2.33 bits per heavy atom. The Bertz CT molecular complexity index is 108. The summed E-state index contributed by atoms with van der Waals surface area (Å²) in [6.07, 6.45) is -0.831. The minimum Gasteiger partial charge on any atom is -0.393 e. The second kappa shape index (κ2) is 2.22. The highest BCUT2D eigenvalue weighted by molar-refractivity contribution is 4.95. The molecule has 0 amide bonds. The molecule has 0 aromatic heterocycles. The molecule has 1 heterocycles. The first-order chi connectivity index (χ1) is 4.19. The van der Waals surface area contributed by atoms with Crippen molar-refractivity contribution in [2.24, 2.45) is 0 Å². The van der Waals surface area contributed by atoms with E-state index < -0.39 is 11.7 Å². The van der Waals surface area contributed by atoms with Gasteiger partial charge in [-0.2, -0.15) is 0 Å². The molecule has 1 saturated heterocycles. The van der Waals surface area contributed by atoms with Crippen LogP contribution in [0.1, 0.15) is 0 Å². The van der Waals surface area contributed by atoms with Gasteiger partial charge in [-0.25, -0.2) is 0 Å². The van der Waals surface area contributed by atoms with Crippen molar-refractivity contribution in [2.45, 2.75) is 11.7 Å². The van der Waals surface area contributed by atoms with E-state index in [1.807, 2.05) is 0 Å². The Hall–Kier alpha value is -0.160. The summed E-state index contributed by atoms with van der Waals surface area (Å²) in [4.78, 5) is 0. The van der Waals surface area contributed by atoms with Gasteiger partial charge in [0.2, 0.25) is 0 Å². The summed E-state index contributed by atoms with van der Waals surface area (Å²) in [6, 6.07) is 0. The van der Waals surface area contributed by atoms with E-state index in [-0.39, 0.29) is 13.2 Å². The first kappa shape index (κ1) is 6.95. The zero-order valence-corrected chi connectivity index (χ0v) is 5.04. The summed E-state index contributed by atoms with van der Waals surface area (Å²) in [5, 5.41) is 29.5. The Morgan fingerprint density at radius 1 is 1.67 bits per heavy atom. The maximum Gasteiger partial charge on any atom is 0.127 e. The standard InChI is InChI=1S/C5H11NO3/c7-3-5(9)2-6-1-4(5)8/h4,6-9H,1-3H2/t4-,5-/m0/s1. The lowest BCUT2D eigenvalue weighted by Gasteiger charge is -2.21. The maximum absolute atomic E-state index is 9.21. The van der Waals surface area contributed by atoms with Gasteiger partial charge in [0.25, 0.3) is 0 Å². The van der Waals surface area contributed by atoms with Crippen molar-refractivity contribution >= 4 is 0 Å². The second-order valence-electron chi connectivity index (χ2n) is 2.41. The van der Waals surface area contributed by atoms with Crippen LogP contribution in [0.25, 0.3) is 0 Å². The predicted octanol–water partition coefficient (Wildman–Crippen LogP) is -2.33. The minimum absolute atomic E-state index is 0.269. The predicted molar refractivity (Wildman–Crippen MR) is 30.9 cm³/mol. The Labute approximate surface area is 53.1 Å². The van der Waals surface area contributed by atoms with Crippen molar-refractivity contribution in [2.75, 3.05) is 19.7 Å². The van der Waals surface area contributed by atoms with Gasteiger partial charge in [-0.3, -0.25) is 0 Å². The van der Waals surface area contributed by atoms with Crippen LogP contribution in [0.2, 0.25) is 0 Å². The average Bonchev–Trinajstić information content (AvgIpc) is 2.15. The zero-order chi connectivity index (χ0) is 6.91. The van der Waals surface area contributed by atoms with E-state index >= 15 is 0 Å². The van der Waals surface area contributed by atoms with Crippen molar-refractivity contribution in [1.29, 1.82) is 0 Å². The van der Waals surface area contributed by atoms with Crippen molar-refractivity contribution in [3.8, 4) is 0 Å². The quantitative estimate of drug-likeness (QED) is 0.324. The van der Waals surface area contributed by atoms with E-state index in [9.17, 15) is 5.11 Å². The highest BCUT2D eigenvalue weighted by atomic mass is 16.4. The van der Waals surface area contributed by atoms with Crippen molar-refractivity contribution in [1.82, 2.24) is 5.32 Å². The molecule has 0 saturated carbocycles. The van der Waals surface area contributed by atoms with Gasteiger partial charge in [0.1, 0.15) is 5.60 Å². The fraction of sp³-hybridized carbons (Fsp3) is 1.00. The van der Waals surface area contributed by atoms with Crippen LogP contribution in [0.4, 0.5) is 0 Å². The van der Waals surface area contributed by atoms with Crippen molar-refractivity contribution in [3.05, 3.63) is 0 Å². The lowest BCUT2D eigenvalue weighted by atomic mass is 10.0. The summed E-state index contributed by atoms with van der Waals surface area (Å²) >= 11 is 0.